The zero-order chi connectivity index (χ0) is 18.5. The number of amides is 1. The highest BCUT2D eigenvalue weighted by Crippen LogP contribution is 2.27. The molecule has 0 aromatic heterocycles. The maximum atomic E-state index is 13.0. The predicted octanol–water partition coefficient (Wildman–Crippen LogP) is 2.09. The van der Waals surface area contributed by atoms with Crippen LogP contribution in [-0.4, -0.2) is 40.3 Å². The molecule has 0 aliphatic rings. The minimum atomic E-state index is -1.51. The Kier molecular flexibility index (Phi) is 6.04. The number of alkyl carbamates (subject to hydrolysis) is 1. The Hall–Kier alpha value is -2.91. The average Bonchev–Trinajstić information content (AvgIpc) is 2.41. The summed E-state index contributed by atoms with van der Waals surface area (Å²) in [6.07, 6.45) is -0.980. The smallest absolute Gasteiger partial charge is 0.408 e. The fourth-order valence-corrected chi connectivity index (χ4v) is 1.55. The van der Waals surface area contributed by atoms with Gasteiger partial charge in [0.05, 0.1) is 11.0 Å². The first-order valence-electron chi connectivity index (χ1n) is 6.78. The van der Waals surface area contributed by atoms with Crippen molar-refractivity contribution >= 4 is 17.7 Å². The van der Waals surface area contributed by atoms with E-state index in [4.69, 9.17) is 14.6 Å². The second-order valence-corrected chi connectivity index (χ2v) is 5.72. The summed E-state index contributed by atoms with van der Waals surface area (Å²) in [7, 11) is 0. The second-order valence-electron chi connectivity index (χ2n) is 5.72. The molecule has 1 atom stereocenters. The van der Waals surface area contributed by atoms with Crippen molar-refractivity contribution in [2.75, 3.05) is 6.61 Å². The van der Waals surface area contributed by atoms with Crippen molar-refractivity contribution < 1.29 is 33.5 Å². The molecule has 1 aromatic carbocycles. The minimum Gasteiger partial charge on any atom is -0.484 e. The summed E-state index contributed by atoms with van der Waals surface area (Å²) in [4.78, 5) is 32.7. The third-order valence-corrected chi connectivity index (χ3v) is 2.51. The number of nitro groups is 1. The molecule has 132 valence electrons. The van der Waals surface area contributed by atoms with Gasteiger partial charge in [0.25, 0.3) is 0 Å². The molecule has 0 heterocycles. The van der Waals surface area contributed by atoms with E-state index in [-0.39, 0.29) is 5.75 Å². The lowest BCUT2D eigenvalue weighted by atomic mass is 10.2. The molecule has 0 fully saturated rings. The largest absolute Gasteiger partial charge is 0.484 e. The van der Waals surface area contributed by atoms with Gasteiger partial charge in [0.15, 0.2) is 11.8 Å². The lowest BCUT2D eigenvalue weighted by molar-refractivity contribution is -0.386. The highest BCUT2D eigenvalue weighted by molar-refractivity contribution is 5.80. The zero-order valence-corrected chi connectivity index (χ0v) is 13.2. The Balaban J connectivity index is 2.80. The molecule has 0 saturated heterocycles. The quantitative estimate of drug-likeness (QED) is 0.597. The molecule has 1 amide bonds. The van der Waals surface area contributed by atoms with Crippen molar-refractivity contribution in [2.45, 2.75) is 32.4 Å². The van der Waals surface area contributed by atoms with E-state index < -0.39 is 46.7 Å². The van der Waals surface area contributed by atoms with E-state index >= 15 is 0 Å². The van der Waals surface area contributed by atoms with E-state index in [2.05, 4.69) is 5.32 Å². The van der Waals surface area contributed by atoms with E-state index in [1.165, 1.54) is 0 Å². The Bertz CT molecular complexity index is 643. The Morgan fingerprint density at radius 3 is 2.54 bits per heavy atom. The van der Waals surface area contributed by atoms with Crippen LogP contribution in [0, 0.1) is 15.9 Å². The average molecular weight is 344 g/mol. The topological polar surface area (TPSA) is 128 Å². The van der Waals surface area contributed by atoms with Crippen LogP contribution in [0.3, 0.4) is 0 Å². The number of halogens is 1. The van der Waals surface area contributed by atoms with Crippen molar-refractivity contribution in [1.82, 2.24) is 5.32 Å². The van der Waals surface area contributed by atoms with Crippen LogP contribution in [0.5, 0.6) is 5.75 Å². The number of ether oxygens (including phenoxy) is 2. The van der Waals surface area contributed by atoms with E-state index in [0.29, 0.717) is 6.07 Å². The normalized spacial score (nSPS) is 12.2. The Morgan fingerprint density at radius 2 is 2.04 bits per heavy atom. The number of carboxylic acid groups (broad SMARTS) is 1. The fraction of sp³-hybridized carbons (Fsp3) is 0.429. The monoisotopic (exact) mass is 344 g/mol. The lowest BCUT2D eigenvalue weighted by Crippen LogP contribution is -2.46. The van der Waals surface area contributed by atoms with Crippen LogP contribution >= 0.6 is 0 Å². The number of carboxylic acids is 1. The molecule has 0 spiro atoms. The number of aliphatic carboxylic acids is 1. The van der Waals surface area contributed by atoms with Crippen LogP contribution in [0.2, 0.25) is 0 Å². The summed E-state index contributed by atoms with van der Waals surface area (Å²) in [6.45, 7) is 4.18. The third-order valence-electron chi connectivity index (χ3n) is 2.51. The van der Waals surface area contributed by atoms with E-state index in [1.54, 1.807) is 20.8 Å². The van der Waals surface area contributed by atoms with Gasteiger partial charge in [-0.05, 0) is 32.9 Å². The van der Waals surface area contributed by atoms with Crippen molar-refractivity contribution in [2.24, 2.45) is 0 Å². The number of carbonyl (C=O) groups is 2. The summed E-state index contributed by atoms with van der Waals surface area (Å²) < 4.78 is 23.0. The number of carbonyl (C=O) groups excluding carboxylic acids is 1. The number of nitro benzene ring substituents is 1. The molecule has 0 aliphatic carbocycles. The van der Waals surface area contributed by atoms with Gasteiger partial charge in [0, 0.05) is 0 Å². The van der Waals surface area contributed by atoms with Crippen LogP contribution in [0.4, 0.5) is 14.9 Å². The van der Waals surface area contributed by atoms with Crippen LogP contribution in [0.15, 0.2) is 18.2 Å². The first kappa shape index (κ1) is 19.1. The molecular formula is C14H17FN2O7. The molecule has 0 saturated carbocycles. The van der Waals surface area contributed by atoms with E-state index in [1.807, 2.05) is 0 Å². The van der Waals surface area contributed by atoms with Gasteiger partial charge in [0.1, 0.15) is 18.0 Å². The van der Waals surface area contributed by atoms with Gasteiger partial charge >= 0.3 is 17.7 Å². The third kappa shape index (κ3) is 6.07. The van der Waals surface area contributed by atoms with E-state index in [0.717, 1.165) is 12.1 Å². The van der Waals surface area contributed by atoms with Gasteiger partial charge < -0.3 is 19.9 Å². The molecule has 2 N–H and O–H groups in total. The molecule has 9 nitrogen and oxygen atoms in total. The standard InChI is InChI=1S/C14H17FN2O7/c1-14(2,3)24-13(20)16-9(12(18)19)7-23-11-5-4-8(15)6-10(11)17(21)22/h4-6,9H,7H2,1-3H3,(H,16,20)(H,18,19). The van der Waals surface area contributed by atoms with Crippen LogP contribution in [0.1, 0.15) is 20.8 Å². The summed E-state index contributed by atoms with van der Waals surface area (Å²) >= 11 is 0. The van der Waals surface area contributed by atoms with E-state index in [9.17, 15) is 24.1 Å². The minimum absolute atomic E-state index is 0.321. The van der Waals surface area contributed by atoms with Gasteiger partial charge in [-0.2, -0.15) is 0 Å². The Morgan fingerprint density at radius 1 is 1.42 bits per heavy atom. The molecule has 24 heavy (non-hydrogen) atoms. The highest BCUT2D eigenvalue weighted by Gasteiger charge is 2.26. The maximum absolute atomic E-state index is 13.0. The fourth-order valence-electron chi connectivity index (χ4n) is 1.55. The van der Waals surface area contributed by atoms with Gasteiger partial charge in [-0.15, -0.1) is 0 Å². The number of hydrogen-bond donors (Lipinski definition) is 2. The number of nitrogens with zero attached hydrogens (tertiary/aromatic N) is 1. The molecule has 1 unspecified atom stereocenters. The van der Waals surface area contributed by atoms with Crippen molar-refractivity contribution in [3.05, 3.63) is 34.1 Å². The van der Waals surface area contributed by atoms with Gasteiger partial charge in [-0.1, -0.05) is 0 Å². The molecular weight excluding hydrogens is 327 g/mol. The van der Waals surface area contributed by atoms with Crippen molar-refractivity contribution in [3.8, 4) is 5.75 Å². The first-order valence-corrected chi connectivity index (χ1v) is 6.78. The summed E-state index contributed by atoms with van der Waals surface area (Å²) in [5.74, 6) is -2.58. The Labute approximate surface area is 136 Å². The van der Waals surface area contributed by atoms with Crippen LogP contribution in [-0.2, 0) is 9.53 Å². The van der Waals surface area contributed by atoms with Gasteiger partial charge in [-0.3, -0.25) is 10.1 Å². The second kappa shape index (κ2) is 7.57. The number of hydrogen-bond acceptors (Lipinski definition) is 6. The molecule has 1 aromatic rings. The van der Waals surface area contributed by atoms with Crippen molar-refractivity contribution in [3.63, 3.8) is 0 Å². The summed E-state index contributed by atoms with van der Waals surface area (Å²) in [6, 6.07) is 1.07. The molecule has 0 bridgehead atoms. The number of rotatable bonds is 6. The zero-order valence-electron chi connectivity index (χ0n) is 13.2. The number of benzene rings is 1. The maximum Gasteiger partial charge on any atom is 0.408 e. The first-order chi connectivity index (χ1) is 11.0. The molecule has 10 heteroatoms. The molecule has 0 aliphatic heterocycles. The lowest BCUT2D eigenvalue weighted by Gasteiger charge is -2.22. The SMILES string of the molecule is CC(C)(C)OC(=O)NC(COc1ccc(F)cc1[N+](=O)[O-])C(=O)O. The number of nitrogens with one attached hydrogen (secondary N) is 1. The molecule has 0 radical (unpaired) electrons. The van der Waals surface area contributed by atoms with Gasteiger partial charge in [-0.25, -0.2) is 14.0 Å². The predicted molar refractivity (Wildman–Crippen MR) is 79.3 cm³/mol. The summed E-state index contributed by atoms with van der Waals surface area (Å²) in [5.41, 5.74) is -1.49. The van der Waals surface area contributed by atoms with Crippen molar-refractivity contribution in [1.29, 1.82) is 0 Å². The molecule has 1 rings (SSSR count). The van der Waals surface area contributed by atoms with Crippen LogP contribution in [0.25, 0.3) is 0 Å². The van der Waals surface area contributed by atoms with Crippen LogP contribution < -0.4 is 10.1 Å². The van der Waals surface area contributed by atoms with Gasteiger partial charge in [0.2, 0.25) is 0 Å². The summed E-state index contributed by atoms with van der Waals surface area (Å²) in [5, 5.41) is 22.0. The highest BCUT2D eigenvalue weighted by atomic mass is 19.1.